The minimum Gasteiger partial charge on any atom is -0.507 e. The normalized spacial score (nSPS) is 12.1. The largest absolute Gasteiger partial charge is 0.507 e. The molecule has 1 aromatic carbocycles. The van der Waals surface area contributed by atoms with Gasteiger partial charge in [-0.2, -0.15) is 0 Å². The van der Waals surface area contributed by atoms with E-state index < -0.39 is 0 Å². The maximum atomic E-state index is 9.60. The van der Waals surface area contributed by atoms with E-state index in [0.717, 1.165) is 23.2 Å². The number of nitrogens with one attached hydrogen (secondary N) is 1. The second-order valence-corrected chi connectivity index (χ2v) is 3.85. The van der Waals surface area contributed by atoms with Crippen LogP contribution in [0.3, 0.4) is 0 Å². The Morgan fingerprint density at radius 3 is 2.40 bits per heavy atom. The van der Waals surface area contributed by atoms with Gasteiger partial charge in [-0.1, -0.05) is 18.1 Å². The quantitative estimate of drug-likeness (QED) is 0.737. The van der Waals surface area contributed by atoms with Crippen molar-refractivity contribution in [3.8, 4) is 18.1 Å². The molecule has 0 spiro atoms. The summed E-state index contributed by atoms with van der Waals surface area (Å²) >= 11 is 0. The Bertz CT molecular complexity index is 367. The molecule has 80 valence electrons. The van der Waals surface area contributed by atoms with Gasteiger partial charge in [0.15, 0.2) is 0 Å². The van der Waals surface area contributed by atoms with Crippen LogP contribution in [-0.4, -0.2) is 11.1 Å². The fourth-order valence-electron chi connectivity index (χ4n) is 1.48. The molecule has 0 aliphatic carbocycles. The molecule has 2 nitrogen and oxygen atoms in total. The predicted molar refractivity (Wildman–Crippen MR) is 62.7 cm³/mol. The molecule has 1 unspecified atom stereocenters. The third-order valence-electron chi connectivity index (χ3n) is 2.41. The average molecular weight is 203 g/mol. The van der Waals surface area contributed by atoms with Crippen molar-refractivity contribution in [2.75, 3.05) is 0 Å². The molecule has 0 heterocycles. The predicted octanol–water partition coefficient (Wildman–Crippen LogP) is 2.12. The average Bonchev–Trinajstić information content (AvgIpc) is 2.22. The highest BCUT2D eigenvalue weighted by Gasteiger charge is 2.03. The Hall–Kier alpha value is -1.46. The molecule has 0 radical (unpaired) electrons. The highest BCUT2D eigenvalue weighted by Crippen LogP contribution is 2.22. The van der Waals surface area contributed by atoms with Gasteiger partial charge in [0, 0.05) is 6.54 Å². The first kappa shape index (κ1) is 11.6. The number of phenols is 1. The van der Waals surface area contributed by atoms with Crippen LogP contribution in [0.5, 0.6) is 5.75 Å². The first-order valence-electron chi connectivity index (χ1n) is 5.03. The second-order valence-electron chi connectivity index (χ2n) is 3.85. The molecule has 1 aromatic rings. The minimum absolute atomic E-state index is 0.0689. The molecular formula is C13H17NO. The van der Waals surface area contributed by atoms with Gasteiger partial charge in [-0.15, -0.1) is 6.42 Å². The Morgan fingerprint density at radius 1 is 1.40 bits per heavy atom. The SMILES string of the molecule is C#CC(C)NCc1cc(C)c(O)c(C)c1. The van der Waals surface area contributed by atoms with Crippen molar-refractivity contribution in [1.29, 1.82) is 0 Å². The first-order valence-corrected chi connectivity index (χ1v) is 5.03. The van der Waals surface area contributed by atoms with Crippen LogP contribution in [0.15, 0.2) is 12.1 Å². The summed E-state index contributed by atoms with van der Waals surface area (Å²) in [7, 11) is 0. The lowest BCUT2D eigenvalue weighted by atomic mass is 10.1. The van der Waals surface area contributed by atoms with Crippen molar-refractivity contribution >= 4 is 0 Å². The molecule has 15 heavy (non-hydrogen) atoms. The van der Waals surface area contributed by atoms with E-state index in [1.807, 2.05) is 32.9 Å². The summed E-state index contributed by atoms with van der Waals surface area (Å²) in [5, 5.41) is 12.8. The number of rotatable bonds is 3. The summed E-state index contributed by atoms with van der Waals surface area (Å²) in [6.07, 6.45) is 5.27. The van der Waals surface area contributed by atoms with Crippen LogP contribution in [-0.2, 0) is 6.54 Å². The number of phenolic OH excluding ortho intramolecular Hbond substituents is 1. The Morgan fingerprint density at radius 2 is 1.93 bits per heavy atom. The molecular weight excluding hydrogens is 186 g/mol. The van der Waals surface area contributed by atoms with E-state index in [9.17, 15) is 5.11 Å². The van der Waals surface area contributed by atoms with Gasteiger partial charge in [0.1, 0.15) is 5.75 Å². The van der Waals surface area contributed by atoms with Crippen molar-refractivity contribution in [2.45, 2.75) is 33.4 Å². The van der Waals surface area contributed by atoms with Gasteiger partial charge >= 0.3 is 0 Å². The van der Waals surface area contributed by atoms with Gasteiger partial charge in [0.2, 0.25) is 0 Å². The second kappa shape index (κ2) is 4.86. The van der Waals surface area contributed by atoms with E-state index in [1.54, 1.807) is 0 Å². The summed E-state index contributed by atoms with van der Waals surface area (Å²) < 4.78 is 0. The monoisotopic (exact) mass is 203 g/mol. The third-order valence-corrected chi connectivity index (χ3v) is 2.41. The van der Waals surface area contributed by atoms with Crippen molar-refractivity contribution < 1.29 is 5.11 Å². The van der Waals surface area contributed by atoms with E-state index in [4.69, 9.17) is 6.42 Å². The van der Waals surface area contributed by atoms with Crippen LogP contribution < -0.4 is 5.32 Å². The van der Waals surface area contributed by atoms with E-state index in [2.05, 4.69) is 11.2 Å². The molecule has 0 aliphatic heterocycles. The topological polar surface area (TPSA) is 32.3 Å². The molecule has 1 rings (SSSR count). The van der Waals surface area contributed by atoms with Crippen molar-refractivity contribution in [3.63, 3.8) is 0 Å². The molecule has 1 atom stereocenters. The first-order chi connectivity index (χ1) is 7.04. The Labute approximate surface area is 91.3 Å². The van der Waals surface area contributed by atoms with Crippen molar-refractivity contribution in [2.24, 2.45) is 0 Å². The number of terminal acetylenes is 1. The molecule has 0 saturated heterocycles. The number of aromatic hydroxyl groups is 1. The molecule has 0 amide bonds. The van der Waals surface area contributed by atoms with Gasteiger partial charge in [0.05, 0.1) is 6.04 Å². The summed E-state index contributed by atoms with van der Waals surface area (Å²) in [6.45, 7) is 6.47. The molecule has 0 bridgehead atoms. The van der Waals surface area contributed by atoms with E-state index >= 15 is 0 Å². The maximum Gasteiger partial charge on any atom is 0.121 e. The molecule has 0 aromatic heterocycles. The molecule has 2 heteroatoms. The standard InChI is InChI=1S/C13H17NO/c1-5-11(4)14-8-12-6-9(2)13(15)10(3)7-12/h1,6-7,11,14-15H,8H2,2-4H3. The molecule has 0 aliphatic rings. The van der Waals surface area contributed by atoms with Crippen LogP contribution in [0.2, 0.25) is 0 Å². The summed E-state index contributed by atoms with van der Waals surface area (Å²) in [5.41, 5.74) is 2.95. The Kier molecular flexibility index (Phi) is 3.76. The van der Waals surface area contributed by atoms with Crippen LogP contribution >= 0.6 is 0 Å². The highest BCUT2D eigenvalue weighted by atomic mass is 16.3. The summed E-state index contributed by atoms with van der Waals surface area (Å²) in [4.78, 5) is 0. The van der Waals surface area contributed by atoms with Crippen LogP contribution in [0, 0.1) is 26.2 Å². The molecule has 2 N–H and O–H groups in total. The third kappa shape index (κ3) is 3.00. The van der Waals surface area contributed by atoms with Gasteiger partial charge in [-0.05, 0) is 37.5 Å². The lowest BCUT2D eigenvalue weighted by Crippen LogP contribution is -2.23. The summed E-state index contributed by atoms with van der Waals surface area (Å²) in [5.74, 6) is 2.99. The number of hydrogen-bond acceptors (Lipinski definition) is 2. The maximum absolute atomic E-state index is 9.60. The number of hydrogen-bond donors (Lipinski definition) is 2. The lowest BCUT2D eigenvalue weighted by Gasteiger charge is -2.10. The minimum atomic E-state index is 0.0689. The fraction of sp³-hybridized carbons (Fsp3) is 0.385. The van der Waals surface area contributed by atoms with E-state index in [0.29, 0.717) is 5.75 Å². The van der Waals surface area contributed by atoms with Gasteiger partial charge in [0.25, 0.3) is 0 Å². The lowest BCUT2D eigenvalue weighted by molar-refractivity contribution is 0.466. The molecule has 0 saturated carbocycles. The number of aryl methyl sites for hydroxylation is 2. The zero-order chi connectivity index (χ0) is 11.4. The Balaban J connectivity index is 2.76. The van der Waals surface area contributed by atoms with Crippen LogP contribution in [0.4, 0.5) is 0 Å². The van der Waals surface area contributed by atoms with Crippen LogP contribution in [0.1, 0.15) is 23.6 Å². The zero-order valence-corrected chi connectivity index (χ0v) is 9.46. The van der Waals surface area contributed by atoms with Gasteiger partial charge < -0.3 is 5.11 Å². The van der Waals surface area contributed by atoms with Crippen molar-refractivity contribution in [3.05, 3.63) is 28.8 Å². The van der Waals surface area contributed by atoms with Crippen LogP contribution in [0.25, 0.3) is 0 Å². The van der Waals surface area contributed by atoms with E-state index in [-0.39, 0.29) is 6.04 Å². The zero-order valence-electron chi connectivity index (χ0n) is 9.46. The fourth-order valence-corrected chi connectivity index (χ4v) is 1.48. The smallest absolute Gasteiger partial charge is 0.121 e. The van der Waals surface area contributed by atoms with Gasteiger partial charge in [-0.25, -0.2) is 0 Å². The summed E-state index contributed by atoms with van der Waals surface area (Å²) in [6, 6.07) is 4.01. The molecule has 0 fully saturated rings. The van der Waals surface area contributed by atoms with Gasteiger partial charge in [-0.3, -0.25) is 5.32 Å². The number of benzene rings is 1. The van der Waals surface area contributed by atoms with Crippen molar-refractivity contribution in [1.82, 2.24) is 5.32 Å². The highest BCUT2D eigenvalue weighted by molar-refractivity contribution is 5.42. The van der Waals surface area contributed by atoms with E-state index in [1.165, 1.54) is 0 Å².